The van der Waals surface area contributed by atoms with Crippen LogP contribution in [0.4, 0.5) is 5.69 Å². The Kier molecular flexibility index (Phi) is 3.40. The predicted molar refractivity (Wildman–Crippen MR) is 84.6 cm³/mol. The quantitative estimate of drug-likeness (QED) is 0.797. The molecule has 6 heteroatoms. The summed E-state index contributed by atoms with van der Waals surface area (Å²) in [6.45, 7) is 4.95. The summed E-state index contributed by atoms with van der Waals surface area (Å²) in [5.41, 5.74) is 6.35. The van der Waals surface area contributed by atoms with Gasteiger partial charge in [-0.05, 0) is 37.6 Å². The van der Waals surface area contributed by atoms with E-state index in [4.69, 9.17) is 11.6 Å². The Morgan fingerprint density at radius 1 is 1.30 bits per heavy atom. The van der Waals surface area contributed by atoms with Gasteiger partial charge in [0.1, 0.15) is 11.0 Å². The average molecular weight is 307 g/mol. The van der Waals surface area contributed by atoms with Crippen LogP contribution >= 0.6 is 23.3 Å². The molecule has 0 saturated carbocycles. The molecule has 0 unspecified atom stereocenters. The molecule has 0 amide bonds. The van der Waals surface area contributed by atoms with E-state index in [9.17, 15) is 0 Å². The molecule has 0 spiro atoms. The number of aryl methyl sites for hydroxylation is 1. The second kappa shape index (κ2) is 5.07. The topological polar surface area (TPSA) is 42.7 Å². The Bertz CT molecular complexity index is 775. The lowest BCUT2D eigenvalue weighted by atomic mass is 10.2. The number of rotatable bonds is 3. The minimum Gasteiger partial charge on any atom is -0.378 e. The standard InChI is InChI=1S/C14H15ClN4S/c1-8-6-10(9(2)19(8)3)7-16-13-11(15)4-5-12-14(13)18-20-17-12/h4-6,16H,7H2,1-3H3. The maximum absolute atomic E-state index is 6.27. The number of halogens is 1. The number of hydrogen-bond donors (Lipinski definition) is 1. The van der Waals surface area contributed by atoms with Crippen molar-refractivity contribution < 1.29 is 0 Å². The smallest absolute Gasteiger partial charge is 0.129 e. The molecule has 0 aliphatic rings. The lowest BCUT2D eigenvalue weighted by molar-refractivity contribution is 0.837. The molecule has 0 bridgehead atoms. The van der Waals surface area contributed by atoms with E-state index in [0.29, 0.717) is 5.02 Å². The van der Waals surface area contributed by atoms with Crippen LogP contribution < -0.4 is 5.32 Å². The van der Waals surface area contributed by atoms with Crippen LogP contribution in [0.3, 0.4) is 0 Å². The largest absolute Gasteiger partial charge is 0.378 e. The van der Waals surface area contributed by atoms with Crippen molar-refractivity contribution >= 4 is 40.0 Å². The van der Waals surface area contributed by atoms with Crippen LogP contribution in [0.5, 0.6) is 0 Å². The molecule has 1 N–H and O–H groups in total. The van der Waals surface area contributed by atoms with E-state index in [2.05, 4.69) is 45.6 Å². The third-order valence-electron chi connectivity index (χ3n) is 3.71. The van der Waals surface area contributed by atoms with Gasteiger partial charge in [-0.3, -0.25) is 0 Å². The highest BCUT2D eigenvalue weighted by Crippen LogP contribution is 2.30. The molecule has 20 heavy (non-hydrogen) atoms. The van der Waals surface area contributed by atoms with Gasteiger partial charge in [0.2, 0.25) is 0 Å². The van der Waals surface area contributed by atoms with Gasteiger partial charge in [0, 0.05) is 25.0 Å². The van der Waals surface area contributed by atoms with Gasteiger partial charge in [-0.15, -0.1) is 0 Å². The van der Waals surface area contributed by atoms with Gasteiger partial charge in [-0.1, -0.05) is 11.6 Å². The molecule has 104 valence electrons. The normalized spacial score (nSPS) is 11.2. The van der Waals surface area contributed by atoms with Crippen LogP contribution in [0.2, 0.25) is 5.02 Å². The molecule has 0 aliphatic carbocycles. The Morgan fingerprint density at radius 2 is 2.10 bits per heavy atom. The van der Waals surface area contributed by atoms with Crippen molar-refractivity contribution in [3.63, 3.8) is 0 Å². The lowest BCUT2D eigenvalue weighted by Crippen LogP contribution is -2.02. The van der Waals surface area contributed by atoms with E-state index in [1.54, 1.807) is 0 Å². The molecule has 0 fully saturated rings. The Labute approximate surface area is 126 Å². The van der Waals surface area contributed by atoms with Crippen molar-refractivity contribution in [2.75, 3.05) is 5.32 Å². The molecule has 0 radical (unpaired) electrons. The third kappa shape index (κ3) is 2.17. The fraction of sp³-hybridized carbons (Fsp3) is 0.286. The summed E-state index contributed by atoms with van der Waals surface area (Å²) in [4.78, 5) is 0. The van der Waals surface area contributed by atoms with Gasteiger partial charge in [0.05, 0.1) is 22.4 Å². The molecule has 3 aromatic rings. The van der Waals surface area contributed by atoms with Gasteiger partial charge >= 0.3 is 0 Å². The third-order valence-corrected chi connectivity index (χ3v) is 4.57. The summed E-state index contributed by atoms with van der Waals surface area (Å²) in [6, 6.07) is 5.94. The predicted octanol–water partition coefficient (Wildman–Crippen LogP) is 3.91. The van der Waals surface area contributed by atoms with Crippen LogP contribution in [0, 0.1) is 13.8 Å². The highest BCUT2D eigenvalue weighted by atomic mass is 35.5. The van der Waals surface area contributed by atoms with Crippen molar-refractivity contribution in [3.05, 3.63) is 40.2 Å². The van der Waals surface area contributed by atoms with Gasteiger partial charge in [0.25, 0.3) is 0 Å². The monoisotopic (exact) mass is 306 g/mol. The fourth-order valence-electron chi connectivity index (χ4n) is 2.29. The highest BCUT2D eigenvalue weighted by Gasteiger charge is 2.11. The Hall–Kier alpha value is -1.59. The van der Waals surface area contributed by atoms with E-state index in [0.717, 1.165) is 23.3 Å². The zero-order chi connectivity index (χ0) is 14.3. The number of fused-ring (bicyclic) bond motifs is 1. The molecule has 3 rings (SSSR count). The second-order valence-electron chi connectivity index (χ2n) is 4.86. The summed E-state index contributed by atoms with van der Waals surface area (Å²) < 4.78 is 10.7. The molecular formula is C14H15ClN4S. The number of aromatic nitrogens is 3. The van der Waals surface area contributed by atoms with Gasteiger partial charge in [0.15, 0.2) is 0 Å². The number of nitrogens with one attached hydrogen (secondary N) is 1. The molecular weight excluding hydrogens is 292 g/mol. The first-order chi connectivity index (χ1) is 9.58. The van der Waals surface area contributed by atoms with Crippen LogP contribution in [-0.2, 0) is 13.6 Å². The molecule has 2 heterocycles. The van der Waals surface area contributed by atoms with E-state index >= 15 is 0 Å². The number of nitrogens with zero attached hydrogens (tertiary/aromatic N) is 3. The van der Waals surface area contributed by atoms with Crippen molar-refractivity contribution in [1.82, 2.24) is 13.3 Å². The van der Waals surface area contributed by atoms with E-state index in [1.807, 2.05) is 12.1 Å². The summed E-state index contributed by atoms with van der Waals surface area (Å²) in [7, 11) is 2.08. The van der Waals surface area contributed by atoms with Gasteiger partial charge < -0.3 is 9.88 Å². The maximum atomic E-state index is 6.27. The maximum Gasteiger partial charge on any atom is 0.129 e. The van der Waals surface area contributed by atoms with Crippen LogP contribution in [0.1, 0.15) is 17.0 Å². The molecule has 0 aliphatic heterocycles. The minimum atomic E-state index is 0.676. The number of benzene rings is 1. The lowest BCUT2D eigenvalue weighted by Gasteiger charge is -2.09. The number of hydrogen-bond acceptors (Lipinski definition) is 4. The highest BCUT2D eigenvalue weighted by molar-refractivity contribution is 7.00. The van der Waals surface area contributed by atoms with Crippen molar-refractivity contribution in [1.29, 1.82) is 0 Å². The first-order valence-electron chi connectivity index (χ1n) is 6.34. The van der Waals surface area contributed by atoms with E-state index in [1.165, 1.54) is 28.7 Å². The molecule has 0 atom stereocenters. The molecule has 2 aromatic heterocycles. The first kappa shape index (κ1) is 13.4. The molecule has 4 nitrogen and oxygen atoms in total. The number of anilines is 1. The summed E-state index contributed by atoms with van der Waals surface area (Å²) in [5.74, 6) is 0. The zero-order valence-electron chi connectivity index (χ0n) is 11.6. The van der Waals surface area contributed by atoms with E-state index < -0.39 is 0 Å². The molecule has 1 aromatic carbocycles. The zero-order valence-corrected chi connectivity index (χ0v) is 13.1. The first-order valence-corrected chi connectivity index (χ1v) is 7.45. The van der Waals surface area contributed by atoms with Crippen molar-refractivity contribution in [2.45, 2.75) is 20.4 Å². The van der Waals surface area contributed by atoms with Crippen molar-refractivity contribution in [3.8, 4) is 0 Å². The van der Waals surface area contributed by atoms with Gasteiger partial charge in [-0.2, -0.15) is 8.75 Å². The summed E-state index contributed by atoms with van der Waals surface area (Å²) >= 11 is 7.48. The van der Waals surface area contributed by atoms with Crippen molar-refractivity contribution in [2.24, 2.45) is 7.05 Å². The average Bonchev–Trinajstić information content (AvgIpc) is 2.99. The van der Waals surface area contributed by atoms with Crippen LogP contribution in [0.25, 0.3) is 11.0 Å². The SMILES string of the molecule is Cc1cc(CNc2c(Cl)ccc3nsnc23)c(C)n1C. The minimum absolute atomic E-state index is 0.676. The fourth-order valence-corrected chi connectivity index (χ4v) is 3.05. The molecule has 0 saturated heterocycles. The van der Waals surface area contributed by atoms with E-state index in [-0.39, 0.29) is 0 Å². The Morgan fingerprint density at radius 3 is 2.80 bits per heavy atom. The second-order valence-corrected chi connectivity index (χ2v) is 5.80. The van der Waals surface area contributed by atoms with Crippen LogP contribution in [0.15, 0.2) is 18.2 Å². The summed E-state index contributed by atoms with van der Waals surface area (Å²) in [5, 5.41) is 4.08. The van der Waals surface area contributed by atoms with Gasteiger partial charge in [-0.25, -0.2) is 0 Å². The van der Waals surface area contributed by atoms with Crippen LogP contribution in [-0.4, -0.2) is 13.3 Å². The Balaban J connectivity index is 1.92. The summed E-state index contributed by atoms with van der Waals surface area (Å²) in [6.07, 6.45) is 0.